The fraction of sp³-hybridized carbons (Fsp3) is 0.136. The molecule has 2 aromatic heterocycles. The molecule has 0 aliphatic heterocycles. The smallest absolute Gasteiger partial charge is 0.265 e. The number of aromatic nitrogens is 2. The van der Waals surface area contributed by atoms with E-state index in [0.29, 0.717) is 21.8 Å². The quantitative estimate of drug-likeness (QED) is 0.515. The maximum atomic E-state index is 12.8. The van der Waals surface area contributed by atoms with E-state index in [4.69, 9.17) is 0 Å². The van der Waals surface area contributed by atoms with Crippen molar-refractivity contribution in [3.05, 3.63) is 76.3 Å². The molecule has 6 nitrogen and oxygen atoms in total. The zero-order valence-corrected chi connectivity index (χ0v) is 17.1. The summed E-state index contributed by atoms with van der Waals surface area (Å²) in [7, 11) is 1.86. The first-order valence-electron chi connectivity index (χ1n) is 9.14. The molecule has 2 heterocycles. The van der Waals surface area contributed by atoms with Crippen LogP contribution in [-0.2, 0) is 7.05 Å². The van der Waals surface area contributed by atoms with Crippen LogP contribution in [0.15, 0.2) is 54.6 Å². The van der Waals surface area contributed by atoms with Crippen molar-refractivity contribution < 1.29 is 9.59 Å². The zero-order valence-electron chi connectivity index (χ0n) is 16.3. The molecule has 0 saturated heterocycles. The molecule has 2 aromatic carbocycles. The summed E-state index contributed by atoms with van der Waals surface area (Å²) in [4.78, 5) is 27.1. The second kappa shape index (κ2) is 7.52. The molecule has 0 bridgehead atoms. The average Bonchev–Trinajstić information content (AvgIpc) is 3.24. The summed E-state index contributed by atoms with van der Waals surface area (Å²) in [6.45, 7) is 3.88. The lowest BCUT2D eigenvalue weighted by atomic mass is 10.1. The zero-order chi connectivity index (χ0) is 20.5. The number of hydrogen-bond donors (Lipinski definition) is 2. The van der Waals surface area contributed by atoms with Crippen molar-refractivity contribution in [2.75, 3.05) is 10.6 Å². The molecule has 0 fully saturated rings. The van der Waals surface area contributed by atoms with E-state index < -0.39 is 0 Å². The first-order chi connectivity index (χ1) is 13.9. The minimum absolute atomic E-state index is 0.249. The van der Waals surface area contributed by atoms with Crippen molar-refractivity contribution in [1.29, 1.82) is 0 Å². The number of aryl methyl sites for hydroxylation is 3. The van der Waals surface area contributed by atoms with Crippen LogP contribution in [0.25, 0.3) is 10.2 Å². The fourth-order valence-electron chi connectivity index (χ4n) is 3.21. The summed E-state index contributed by atoms with van der Waals surface area (Å²) >= 11 is 1.38. The van der Waals surface area contributed by atoms with E-state index in [1.165, 1.54) is 11.3 Å². The monoisotopic (exact) mass is 404 g/mol. The number of amides is 2. The largest absolute Gasteiger partial charge is 0.322 e. The van der Waals surface area contributed by atoms with Gasteiger partial charge in [-0.3, -0.25) is 14.3 Å². The molecule has 146 valence electrons. The van der Waals surface area contributed by atoms with E-state index in [-0.39, 0.29) is 11.8 Å². The first kappa shape index (κ1) is 18.9. The van der Waals surface area contributed by atoms with Crippen LogP contribution in [0.2, 0.25) is 0 Å². The normalized spacial score (nSPS) is 10.9. The van der Waals surface area contributed by atoms with Gasteiger partial charge in [0.1, 0.15) is 4.83 Å². The van der Waals surface area contributed by atoms with Crippen LogP contribution in [0.5, 0.6) is 0 Å². The highest BCUT2D eigenvalue weighted by Crippen LogP contribution is 2.28. The van der Waals surface area contributed by atoms with Gasteiger partial charge < -0.3 is 10.6 Å². The van der Waals surface area contributed by atoms with E-state index in [0.717, 1.165) is 21.5 Å². The van der Waals surface area contributed by atoms with E-state index in [1.807, 2.05) is 51.2 Å². The van der Waals surface area contributed by atoms with Crippen LogP contribution in [-0.4, -0.2) is 21.6 Å². The van der Waals surface area contributed by atoms with Crippen LogP contribution in [0.1, 0.15) is 31.3 Å². The van der Waals surface area contributed by atoms with Gasteiger partial charge in [-0.15, -0.1) is 11.3 Å². The summed E-state index contributed by atoms with van der Waals surface area (Å²) in [6, 6.07) is 16.4. The molecule has 0 atom stereocenters. The Morgan fingerprint density at radius 1 is 0.966 bits per heavy atom. The van der Waals surface area contributed by atoms with Crippen LogP contribution >= 0.6 is 11.3 Å². The lowest BCUT2D eigenvalue weighted by molar-refractivity contribution is 0.102. The van der Waals surface area contributed by atoms with Crippen molar-refractivity contribution in [1.82, 2.24) is 9.78 Å². The second-order valence-corrected chi connectivity index (χ2v) is 7.89. The number of rotatable bonds is 4. The molecule has 2 N–H and O–H groups in total. The Hall–Kier alpha value is -3.45. The highest BCUT2D eigenvalue weighted by atomic mass is 32.1. The number of nitrogens with one attached hydrogen (secondary N) is 2. The molecule has 7 heteroatoms. The van der Waals surface area contributed by atoms with Crippen LogP contribution in [0.4, 0.5) is 11.4 Å². The maximum Gasteiger partial charge on any atom is 0.265 e. The number of thiophene rings is 1. The third kappa shape index (κ3) is 3.77. The number of benzene rings is 2. The van der Waals surface area contributed by atoms with Gasteiger partial charge >= 0.3 is 0 Å². The average molecular weight is 404 g/mol. The van der Waals surface area contributed by atoms with Gasteiger partial charge in [-0.1, -0.05) is 24.3 Å². The van der Waals surface area contributed by atoms with Gasteiger partial charge in [-0.2, -0.15) is 5.10 Å². The summed E-state index contributed by atoms with van der Waals surface area (Å²) in [5.41, 5.74) is 3.52. The predicted octanol–water partition coefficient (Wildman–Crippen LogP) is 4.76. The molecule has 4 rings (SSSR count). The summed E-state index contributed by atoms with van der Waals surface area (Å²) in [5, 5.41) is 11.1. The van der Waals surface area contributed by atoms with Crippen molar-refractivity contribution >= 4 is 44.7 Å². The number of carbonyl (C=O) groups is 2. The van der Waals surface area contributed by atoms with E-state index in [9.17, 15) is 9.59 Å². The van der Waals surface area contributed by atoms with Gasteiger partial charge in [0.25, 0.3) is 11.8 Å². The van der Waals surface area contributed by atoms with Crippen molar-refractivity contribution in [3.63, 3.8) is 0 Å². The molecule has 4 aromatic rings. The Balaban J connectivity index is 1.58. The number of anilines is 2. The van der Waals surface area contributed by atoms with Gasteiger partial charge in [0.2, 0.25) is 0 Å². The minimum Gasteiger partial charge on any atom is -0.322 e. The maximum absolute atomic E-state index is 12.8. The molecule has 0 saturated carbocycles. The van der Waals surface area contributed by atoms with Crippen molar-refractivity contribution in [3.8, 4) is 0 Å². The van der Waals surface area contributed by atoms with Gasteiger partial charge in [0, 0.05) is 18.1 Å². The predicted molar refractivity (Wildman–Crippen MR) is 117 cm³/mol. The van der Waals surface area contributed by atoms with E-state index in [2.05, 4.69) is 15.7 Å². The fourth-order valence-corrected chi connectivity index (χ4v) is 4.23. The third-order valence-electron chi connectivity index (χ3n) is 4.62. The minimum atomic E-state index is -0.275. The number of fused-ring (bicyclic) bond motifs is 1. The summed E-state index contributed by atoms with van der Waals surface area (Å²) in [6.07, 6.45) is 0. The number of carbonyl (C=O) groups excluding carboxylic acids is 2. The Kier molecular flexibility index (Phi) is 4.90. The van der Waals surface area contributed by atoms with Gasteiger partial charge in [-0.25, -0.2) is 0 Å². The Bertz CT molecular complexity index is 1200. The van der Waals surface area contributed by atoms with Crippen molar-refractivity contribution in [2.24, 2.45) is 7.05 Å². The topological polar surface area (TPSA) is 76.0 Å². The standard InChI is InChI=1S/C22H20N4O2S/c1-13-7-6-8-15(11-13)23-20(27)16-9-4-5-10-18(16)24-21(28)19-12-17-14(2)25-26(3)22(17)29-19/h4-12H,1-3H3,(H,23,27)(H,24,28). The molecule has 2 amide bonds. The Morgan fingerprint density at radius 2 is 1.76 bits per heavy atom. The molecule has 0 unspecified atom stereocenters. The lowest BCUT2D eigenvalue weighted by Crippen LogP contribution is -2.17. The second-order valence-electron chi connectivity index (χ2n) is 6.86. The summed E-state index contributed by atoms with van der Waals surface area (Å²) < 4.78 is 1.77. The molecule has 29 heavy (non-hydrogen) atoms. The number of para-hydroxylation sites is 1. The molecule has 0 radical (unpaired) electrons. The van der Waals surface area contributed by atoms with E-state index >= 15 is 0 Å². The molecular formula is C22H20N4O2S. The van der Waals surface area contributed by atoms with Gasteiger partial charge in [-0.05, 0) is 49.7 Å². The first-order valence-corrected chi connectivity index (χ1v) is 9.95. The SMILES string of the molecule is Cc1cccc(NC(=O)c2ccccc2NC(=O)c2cc3c(C)nn(C)c3s2)c1. The third-order valence-corrected chi connectivity index (χ3v) is 5.82. The van der Waals surface area contributed by atoms with Crippen LogP contribution in [0.3, 0.4) is 0 Å². The number of nitrogens with zero attached hydrogens (tertiary/aromatic N) is 2. The van der Waals surface area contributed by atoms with Crippen LogP contribution < -0.4 is 10.6 Å². The Labute approximate surface area is 172 Å². The van der Waals surface area contributed by atoms with Crippen molar-refractivity contribution in [2.45, 2.75) is 13.8 Å². The van der Waals surface area contributed by atoms with Gasteiger partial charge in [0.05, 0.1) is 21.8 Å². The molecule has 0 aliphatic rings. The Morgan fingerprint density at radius 3 is 2.52 bits per heavy atom. The molecule has 0 aliphatic carbocycles. The summed E-state index contributed by atoms with van der Waals surface area (Å²) in [5.74, 6) is -0.524. The molecular weight excluding hydrogens is 384 g/mol. The van der Waals surface area contributed by atoms with Crippen LogP contribution in [0, 0.1) is 13.8 Å². The highest BCUT2D eigenvalue weighted by Gasteiger charge is 2.18. The number of hydrogen-bond acceptors (Lipinski definition) is 4. The highest BCUT2D eigenvalue weighted by molar-refractivity contribution is 7.20. The molecule has 0 spiro atoms. The van der Waals surface area contributed by atoms with Gasteiger partial charge in [0.15, 0.2) is 0 Å². The lowest BCUT2D eigenvalue weighted by Gasteiger charge is -2.11. The van der Waals surface area contributed by atoms with E-state index in [1.54, 1.807) is 28.9 Å².